The van der Waals surface area contributed by atoms with Gasteiger partial charge in [0.05, 0.1) is 16.9 Å². The molecule has 0 bridgehead atoms. The number of hydrogen-bond donors (Lipinski definition) is 1. The number of rotatable bonds is 4. The highest BCUT2D eigenvalue weighted by Gasteiger charge is 2.18. The van der Waals surface area contributed by atoms with Gasteiger partial charge < -0.3 is 5.32 Å². The maximum atomic E-state index is 13.9. The summed E-state index contributed by atoms with van der Waals surface area (Å²) in [6.45, 7) is 3.22. The zero-order chi connectivity index (χ0) is 22.3. The second-order valence-corrected chi connectivity index (χ2v) is 8.08. The van der Waals surface area contributed by atoms with E-state index in [2.05, 4.69) is 5.32 Å². The van der Waals surface area contributed by atoms with E-state index < -0.39 is 35.3 Å². The van der Waals surface area contributed by atoms with Crippen molar-refractivity contribution in [2.75, 3.05) is 5.32 Å². The third-order valence-electron chi connectivity index (χ3n) is 4.72. The van der Waals surface area contributed by atoms with E-state index in [0.717, 1.165) is 49.8 Å². The molecule has 0 spiro atoms. The molecule has 1 amide bonds. The van der Waals surface area contributed by atoms with Gasteiger partial charge in [-0.05, 0) is 60.7 Å². The molecule has 0 saturated carbocycles. The molecule has 2 heterocycles. The Morgan fingerprint density at radius 1 is 1.03 bits per heavy atom. The zero-order valence-corrected chi connectivity index (χ0v) is 17.4. The van der Waals surface area contributed by atoms with Gasteiger partial charge in [0.25, 0.3) is 5.56 Å². The quantitative estimate of drug-likeness (QED) is 0.524. The van der Waals surface area contributed by atoms with Crippen molar-refractivity contribution in [2.24, 2.45) is 0 Å². The smallest absolute Gasteiger partial charge is 0.322 e. The van der Waals surface area contributed by atoms with Crippen molar-refractivity contribution in [1.82, 2.24) is 9.13 Å². The van der Waals surface area contributed by atoms with E-state index >= 15 is 0 Å². The first kappa shape index (κ1) is 20.7. The number of amides is 1. The highest BCUT2D eigenvalue weighted by Crippen LogP contribution is 2.19. The molecule has 4 aromatic rings. The molecular weight excluding hydrogens is 424 g/mol. The van der Waals surface area contributed by atoms with E-state index in [-0.39, 0.29) is 5.69 Å². The molecule has 158 valence electrons. The minimum Gasteiger partial charge on any atom is -0.322 e. The number of hydrogen-bond acceptors (Lipinski definition) is 4. The van der Waals surface area contributed by atoms with Crippen LogP contribution in [0.2, 0.25) is 0 Å². The Morgan fingerprint density at radius 2 is 1.74 bits per heavy atom. The van der Waals surface area contributed by atoms with E-state index in [1.807, 2.05) is 19.9 Å². The standard InChI is InChI=1S/C22H17F2N3O3S/c1-12-7-13(2)9-15(8-12)27-21(29)20-18(5-6-31-20)26(22(27)30)11-19(28)25-17-10-14(23)3-4-16(17)24/h3-10H,11H2,1-2H3,(H,25,28). The van der Waals surface area contributed by atoms with Crippen molar-refractivity contribution in [3.05, 3.63) is 91.4 Å². The zero-order valence-electron chi connectivity index (χ0n) is 16.6. The number of nitrogens with zero attached hydrogens (tertiary/aromatic N) is 2. The summed E-state index contributed by atoms with van der Waals surface area (Å²) in [7, 11) is 0. The third kappa shape index (κ3) is 3.91. The number of carbonyl (C=O) groups is 1. The number of anilines is 1. The molecule has 6 nitrogen and oxygen atoms in total. The molecule has 0 saturated heterocycles. The molecule has 4 rings (SSSR count). The van der Waals surface area contributed by atoms with Crippen LogP contribution in [0.25, 0.3) is 15.9 Å². The van der Waals surface area contributed by atoms with Crippen molar-refractivity contribution >= 4 is 33.1 Å². The minimum atomic E-state index is -0.803. The fourth-order valence-corrected chi connectivity index (χ4v) is 4.30. The van der Waals surface area contributed by atoms with E-state index in [0.29, 0.717) is 15.9 Å². The first-order valence-electron chi connectivity index (χ1n) is 9.31. The summed E-state index contributed by atoms with van der Waals surface area (Å²) < 4.78 is 29.7. The van der Waals surface area contributed by atoms with E-state index in [1.54, 1.807) is 23.6 Å². The highest BCUT2D eigenvalue weighted by atomic mass is 32.1. The number of thiophene rings is 1. The van der Waals surface area contributed by atoms with E-state index in [1.165, 1.54) is 0 Å². The van der Waals surface area contributed by atoms with Crippen molar-refractivity contribution in [3.8, 4) is 5.69 Å². The van der Waals surface area contributed by atoms with Gasteiger partial charge in [-0.2, -0.15) is 0 Å². The summed E-state index contributed by atoms with van der Waals surface area (Å²) in [5, 5.41) is 3.93. The molecule has 2 aromatic carbocycles. The number of aromatic nitrogens is 2. The van der Waals surface area contributed by atoms with Gasteiger partial charge in [0.2, 0.25) is 5.91 Å². The van der Waals surface area contributed by atoms with Crippen molar-refractivity contribution in [3.63, 3.8) is 0 Å². The third-order valence-corrected chi connectivity index (χ3v) is 5.62. The topological polar surface area (TPSA) is 73.1 Å². The first-order valence-corrected chi connectivity index (χ1v) is 10.2. The monoisotopic (exact) mass is 441 g/mol. The summed E-state index contributed by atoms with van der Waals surface area (Å²) in [4.78, 5) is 38.8. The van der Waals surface area contributed by atoms with E-state index in [4.69, 9.17) is 0 Å². The molecule has 0 atom stereocenters. The number of nitrogens with one attached hydrogen (secondary N) is 1. The Hall–Kier alpha value is -3.59. The molecule has 0 radical (unpaired) electrons. The average Bonchev–Trinajstić information content (AvgIpc) is 3.17. The maximum absolute atomic E-state index is 13.9. The van der Waals surface area contributed by atoms with Gasteiger partial charge in [-0.25, -0.2) is 18.1 Å². The predicted octanol–water partition coefficient (Wildman–Crippen LogP) is 3.75. The van der Waals surface area contributed by atoms with Crippen LogP contribution in [-0.4, -0.2) is 15.0 Å². The second-order valence-electron chi connectivity index (χ2n) is 7.16. The lowest BCUT2D eigenvalue weighted by molar-refractivity contribution is -0.116. The van der Waals surface area contributed by atoms with Crippen molar-refractivity contribution in [1.29, 1.82) is 0 Å². The van der Waals surface area contributed by atoms with Crippen LogP contribution in [0.3, 0.4) is 0 Å². The van der Waals surface area contributed by atoms with Gasteiger partial charge in [0, 0.05) is 6.07 Å². The Morgan fingerprint density at radius 3 is 2.45 bits per heavy atom. The largest absolute Gasteiger partial charge is 0.336 e. The highest BCUT2D eigenvalue weighted by molar-refractivity contribution is 7.17. The number of carbonyl (C=O) groups excluding carboxylic acids is 1. The van der Waals surface area contributed by atoms with Crippen LogP contribution in [0.15, 0.2) is 57.4 Å². The molecule has 0 aliphatic carbocycles. The van der Waals surface area contributed by atoms with Crippen molar-refractivity contribution in [2.45, 2.75) is 20.4 Å². The molecular formula is C22H17F2N3O3S. The summed E-state index contributed by atoms with van der Waals surface area (Å²) in [5.41, 5.74) is 0.936. The van der Waals surface area contributed by atoms with Crippen LogP contribution in [0, 0.1) is 25.5 Å². The second kappa shape index (κ2) is 7.92. The summed E-state index contributed by atoms with van der Waals surface area (Å²) in [6, 6.07) is 9.59. The molecule has 0 aliphatic heterocycles. The summed E-state index contributed by atoms with van der Waals surface area (Å²) >= 11 is 1.16. The van der Waals surface area contributed by atoms with Crippen LogP contribution < -0.4 is 16.6 Å². The summed E-state index contributed by atoms with van der Waals surface area (Å²) in [6.07, 6.45) is 0. The Labute approximate surface area is 179 Å². The summed E-state index contributed by atoms with van der Waals surface area (Å²) in [5.74, 6) is -2.25. The number of halogens is 2. The van der Waals surface area contributed by atoms with Crippen molar-refractivity contribution < 1.29 is 13.6 Å². The normalized spacial score (nSPS) is 11.1. The molecule has 0 unspecified atom stereocenters. The van der Waals surface area contributed by atoms with Gasteiger partial charge in [-0.3, -0.25) is 14.2 Å². The lowest BCUT2D eigenvalue weighted by atomic mass is 10.1. The van der Waals surface area contributed by atoms with Crippen LogP contribution in [0.4, 0.5) is 14.5 Å². The number of benzene rings is 2. The average molecular weight is 441 g/mol. The van der Waals surface area contributed by atoms with Gasteiger partial charge >= 0.3 is 5.69 Å². The Balaban J connectivity index is 1.82. The number of aryl methyl sites for hydroxylation is 2. The number of fused-ring (bicyclic) bond motifs is 1. The predicted molar refractivity (Wildman–Crippen MR) is 116 cm³/mol. The lowest BCUT2D eigenvalue weighted by Gasteiger charge is -2.13. The first-order chi connectivity index (χ1) is 14.7. The van der Waals surface area contributed by atoms with Gasteiger partial charge in [-0.15, -0.1) is 11.3 Å². The van der Waals surface area contributed by atoms with Gasteiger partial charge in [0.1, 0.15) is 22.9 Å². The molecule has 2 aromatic heterocycles. The van der Waals surface area contributed by atoms with Crippen LogP contribution >= 0.6 is 11.3 Å². The maximum Gasteiger partial charge on any atom is 0.336 e. The van der Waals surface area contributed by atoms with Crippen LogP contribution in [0.5, 0.6) is 0 Å². The SMILES string of the molecule is Cc1cc(C)cc(-n2c(=O)c3sccc3n(CC(=O)Nc3cc(F)ccc3F)c2=O)c1. The van der Waals surface area contributed by atoms with E-state index in [9.17, 15) is 23.2 Å². The van der Waals surface area contributed by atoms with Gasteiger partial charge in [-0.1, -0.05) is 6.07 Å². The molecule has 31 heavy (non-hydrogen) atoms. The Bertz CT molecular complexity index is 1430. The molecule has 9 heteroatoms. The minimum absolute atomic E-state index is 0.301. The molecule has 0 aliphatic rings. The fraction of sp³-hybridized carbons (Fsp3) is 0.136. The van der Waals surface area contributed by atoms with Gasteiger partial charge in [0.15, 0.2) is 0 Å². The van der Waals surface area contributed by atoms with Crippen LogP contribution in [-0.2, 0) is 11.3 Å². The molecule has 1 N–H and O–H groups in total. The van der Waals surface area contributed by atoms with Crippen LogP contribution in [0.1, 0.15) is 11.1 Å². The lowest BCUT2D eigenvalue weighted by Crippen LogP contribution is -2.40. The Kier molecular flexibility index (Phi) is 5.28. The molecule has 0 fully saturated rings. The fourth-order valence-electron chi connectivity index (χ4n) is 3.47.